The standard InChI is InChI=1S/C42H70O13/c1-37(2)26-8-11-42(7)34(23(46)16-21-22-17-38(3,20-45)12-13-39(22,4)14-15-41(21,42)6)40(26,5)10-9-27(37)54-36-33(31(50)29(48)25(19-44)53-36)55-35-32(51)30(49)28(47)24(18-43)52-35/h16,22-36,43-51H,8-15,17-20H2,1-7H3/t22-,23?,24+,25+,26-,27?,28+,29+,30-,31-,32+,33+,34+,35-,36-,38+,39+,40-,41+,42+/m0/s1. The van der Waals surface area contributed by atoms with E-state index < -0.39 is 92.2 Å². The highest BCUT2D eigenvalue weighted by molar-refractivity contribution is 5.35. The molecule has 55 heavy (non-hydrogen) atoms. The molecule has 9 N–H and O–H groups in total. The molecule has 2 aliphatic heterocycles. The lowest BCUT2D eigenvalue weighted by atomic mass is 9.33. The lowest BCUT2D eigenvalue weighted by molar-refractivity contribution is -0.378. The van der Waals surface area contributed by atoms with Gasteiger partial charge < -0.3 is 64.9 Å². The summed E-state index contributed by atoms with van der Waals surface area (Å²) in [6.07, 6.45) is -5.51. The predicted molar refractivity (Wildman–Crippen MR) is 199 cm³/mol. The molecule has 316 valence electrons. The molecule has 2 heterocycles. The predicted octanol–water partition coefficient (Wildman–Crippen LogP) is 1.76. The lowest BCUT2D eigenvalue weighted by Gasteiger charge is -2.72. The zero-order valence-electron chi connectivity index (χ0n) is 33.9. The first-order valence-electron chi connectivity index (χ1n) is 20.9. The van der Waals surface area contributed by atoms with Crippen molar-refractivity contribution >= 4 is 0 Å². The minimum absolute atomic E-state index is 0.00571. The average Bonchev–Trinajstić information content (AvgIpc) is 3.13. The molecule has 20 atom stereocenters. The van der Waals surface area contributed by atoms with E-state index in [1.807, 2.05) is 0 Å². The van der Waals surface area contributed by atoms with Crippen LogP contribution in [0.5, 0.6) is 0 Å². The summed E-state index contributed by atoms with van der Waals surface area (Å²) in [6, 6.07) is 0. The summed E-state index contributed by atoms with van der Waals surface area (Å²) in [6.45, 7) is 15.1. The van der Waals surface area contributed by atoms with E-state index in [0.29, 0.717) is 12.3 Å². The first kappa shape index (κ1) is 42.3. The van der Waals surface area contributed by atoms with Gasteiger partial charge in [0.2, 0.25) is 0 Å². The zero-order valence-corrected chi connectivity index (χ0v) is 33.9. The molecule has 0 aromatic heterocycles. The third-order valence-electron chi connectivity index (χ3n) is 17.5. The van der Waals surface area contributed by atoms with Crippen LogP contribution in [0.2, 0.25) is 0 Å². The number of ether oxygens (including phenoxy) is 4. The molecule has 2 saturated heterocycles. The highest BCUT2D eigenvalue weighted by atomic mass is 16.8. The Morgan fingerprint density at radius 2 is 1.29 bits per heavy atom. The first-order valence-corrected chi connectivity index (χ1v) is 20.9. The van der Waals surface area contributed by atoms with Crippen LogP contribution in [0.3, 0.4) is 0 Å². The van der Waals surface area contributed by atoms with Gasteiger partial charge in [-0.05, 0) is 102 Å². The van der Waals surface area contributed by atoms with Crippen LogP contribution in [0, 0.1) is 50.2 Å². The molecule has 6 fully saturated rings. The van der Waals surface area contributed by atoms with Gasteiger partial charge in [0.15, 0.2) is 12.6 Å². The van der Waals surface area contributed by atoms with Crippen molar-refractivity contribution in [2.45, 2.75) is 180 Å². The van der Waals surface area contributed by atoms with Crippen LogP contribution in [0.25, 0.3) is 0 Å². The second-order valence-corrected chi connectivity index (χ2v) is 20.8. The quantitative estimate of drug-likeness (QED) is 0.133. The highest BCUT2D eigenvalue weighted by Gasteiger charge is 2.70. The molecule has 13 nitrogen and oxygen atoms in total. The summed E-state index contributed by atoms with van der Waals surface area (Å²) < 4.78 is 24.4. The zero-order chi connectivity index (χ0) is 40.3. The van der Waals surface area contributed by atoms with Crippen LogP contribution in [-0.4, -0.2) is 139 Å². The van der Waals surface area contributed by atoms with Crippen molar-refractivity contribution in [3.8, 4) is 0 Å². The fraction of sp³-hybridized carbons (Fsp3) is 0.952. The van der Waals surface area contributed by atoms with Gasteiger partial charge in [0.05, 0.1) is 25.4 Å². The van der Waals surface area contributed by atoms with Crippen molar-refractivity contribution < 1.29 is 64.9 Å². The van der Waals surface area contributed by atoms with Crippen molar-refractivity contribution in [1.29, 1.82) is 0 Å². The van der Waals surface area contributed by atoms with Gasteiger partial charge in [0, 0.05) is 12.5 Å². The van der Waals surface area contributed by atoms with Crippen molar-refractivity contribution in [1.82, 2.24) is 0 Å². The molecule has 0 aromatic rings. The van der Waals surface area contributed by atoms with Gasteiger partial charge >= 0.3 is 0 Å². The molecule has 5 aliphatic carbocycles. The van der Waals surface area contributed by atoms with Crippen molar-refractivity contribution in [3.05, 3.63) is 11.6 Å². The van der Waals surface area contributed by atoms with E-state index in [0.717, 1.165) is 51.4 Å². The monoisotopic (exact) mass is 782 g/mol. The Morgan fingerprint density at radius 3 is 1.93 bits per heavy atom. The number of hydrogen-bond acceptors (Lipinski definition) is 13. The lowest BCUT2D eigenvalue weighted by Crippen LogP contribution is -2.68. The Balaban J connectivity index is 1.16. The van der Waals surface area contributed by atoms with Crippen LogP contribution < -0.4 is 0 Å². The third kappa shape index (κ3) is 6.36. The number of fused-ring (bicyclic) bond motifs is 7. The molecule has 13 heteroatoms. The highest BCUT2D eigenvalue weighted by Crippen LogP contribution is 2.75. The largest absolute Gasteiger partial charge is 0.396 e. The Morgan fingerprint density at radius 1 is 0.673 bits per heavy atom. The second kappa shape index (κ2) is 14.4. The van der Waals surface area contributed by atoms with E-state index in [1.54, 1.807) is 0 Å². The van der Waals surface area contributed by atoms with E-state index in [-0.39, 0.29) is 45.5 Å². The summed E-state index contributed by atoms with van der Waals surface area (Å²) in [5, 5.41) is 96.2. The molecule has 2 unspecified atom stereocenters. The topological polar surface area (TPSA) is 219 Å². The number of aliphatic hydroxyl groups excluding tert-OH is 9. The molecule has 7 aliphatic rings. The Labute approximate surface area is 326 Å². The fourth-order valence-corrected chi connectivity index (χ4v) is 13.7. The number of rotatable bonds is 7. The van der Waals surface area contributed by atoms with Gasteiger partial charge in [-0.2, -0.15) is 0 Å². The van der Waals surface area contributed by atoms with E-state index in [4.69, 9.17) is 18.9 Å². The maximum atomic E-state index is 12.4. The second-order valence-electron chi connectivity index (χ2n) is 20.8. The molecule has 0 spiro atoms. The van der Waals surface area contributed by atoms with Crippen LogP contribution in [0.1, 0.15) is 106 Å². The summed E-state index contributed by atoms with van der Waals surface area (Å²) in [4.78, 5) is 0. The molecule has 0 bridgehead atoms. The van der Waals surface area contributed by atoms with Gasteiger partial charge in [0.1, 0.15) is 48.8 Å². The molecule has 0 aromatic carbocycles. The Bertz CT molecular complexity index is 1440. The first-order chi connectivity index (χ1) is 25.6. The normalized spacial score (nSPS) is 56.4. The molecule has 0 radical (unpaired) electrons. The van der Waals surface area contributed by atoms with E-state index in [1.165, 1.54) is 5.57 Å². The molecule has 0 amide bonds. The van der Waals surface area contributed by atoms with Crippen LogP contribution >= 0.6 is 0 Å². The molecule has 4 saturated carbocycles. The van der Waals surface area contributed by atoms with Crippen molar-refractivity contribution in [2.24, 2.45) is 50.2 Å². The smallest absolute Gasteiger partial charge is 0.187 e. The third-order valence-corrected chi connectivity index (χ3v) is 17.5. The van der Waals surface area contributed by atoms with Crippen molar-refractivity contribution in [3.63, 3.8) is 0 Å². The van der Waals surface area contributed by atoms with Gasteiger partial charge in [-0.15, -0.1) is 0 Å². The Kier molecular flexibility index (Phi) is 11.1. The van der Waals surface area contributed by atoms with Crippen molar-refractivity contribution in [2.75, 3.05) is 19.8 Å². The summed E-state index contributed by atoms with van der Waals surface area (Å²) in [5.74, 6) is 0.443. The molecule has 7 rings (SSSR count). The summed E-state index contributed by atoms with van der Waals surface area (Å²) >= 11 is 0. The van der Waals surface area contributed by atoms with Gasteiger partial charge in [-0.3, -0.25) is 0 Å². The summed E-state index contributed by atoms with van der Waals surface area (Å²) in [5.41, 5.74) is 0.465. The molecular formula is C42H70O13. The number of allylic oxidation sites excluding steroid dienone is 1. The average molecular weight is 783 g/mol. The van der Waals surface area contributed by atoms with E-state index in [9.17, 15) is 46.0 Å². The van der Waals surface area contributed by atoms with Gasteiger partial charge in [-0.1, -0.05) is 60.1 Å². The number of hydrogen-bond donors (Lipinski definition) is 9. The van der Waals surface area contributed by atoms with Crippen LogP contribution in [0.4, 0.5) is 0 Å². The number of aliphatic hydroxyl groups is 9. The minimum atomic E-state index is -1.75. The minimum Gasteiger partial charge on any atom is -0.396 e. The van der Waals surface area contributed by atoms with Gasteiger partial charge in [0.25, 0.3) is 0 Å². The maximum Gasteiger partial charge on any atom is 0.187 e. The van der Waals surface area contributed by atoms with Gasteiger partial charge in [-0.25, -0.2) is 0 Å². The van der Waals surface area contributed by atoms with Crippen LogP contribution in [-0.2, 0) is 18.9 Å². The van der Waals surface area contributed by atoms with E-state index in [2.05, 4.69) is 54.5 Å². The summed E-state index contributed by atoms with van der Waals surface area (Å²) in [7, 11) is 0. The molecular weight excluding hydrogens is 712 g/mol. The Hall–Kier alpha value is -0.780. The fourth-order valence-electron chi connectivity index (χ4n) is 13.7. The SMILES string of the molecule is CC1(C)C(O[C@@H]2O[C@H](CO)[C@@H](O)[C@H](O)[C@H]2O[C@@H]2O[C@H](CO)[C@@H](O)[C@H](O)[C@H]2O)CC[C@]2(C)[C@H]3C(O)C=C4[C@@H]5C[C@](C)(CO)CC[C@]5(C)CC[C@@]4(C)[C@]3(C)CC[C@@H]12. The maximum absolute atomic E-state index is 12.4. The van der Waals surface area contributed by atoms with E-state index >= 15 is 0 Å². The van der Waals surface area contributed by atoms with Crippen LogP contribution in [0.15, 0.2) is 11.6 Å².